The van der Waals surface area contributed by atoms with Crippen molar-refractivity contribution >= 4 is 0 Å². The van der Waals surface area contributed by atoms with Gasteiger partial charge in [0.15, 0.2) is 0 Å². The molecular formula is C22H35NO. The monoisotopic (exact) mass is 329 g/mol. The number of hydrogen-bond donors (Lipinski definition) is 0. The molecule has 1 aliphatic heterocycles. The van der Waals surface area contributed by atoms with Crippen LogP contribution in [0.3, 0.4) is 0 Å². The number of ether oxygens (including phenoxy) is 1. The Morgan fingerprint density at radius 3 is 2.58 bits per heavy atom. The molecule has 1 saturated heterocycles. The van der Waals surface area contributed by atoms with Gasteiger partial charge in [0.05, 0.1) is 0 Å². The van der Waals surface area contributed by atoms with E-state index in [1.807, 2.05) is 0 Å². The molecule has 134 valence electrons. The topological polar surface area (TPSA) is 12.5 Å². The summed E-state index contributed by atoms with van der Waals surface area (Å²) >= 11 is 0. The zero-order valence-electron chi connectivity index (χ0n) is 15.8. The Hall–Kier alpha value is -0.860. The first kappa shape index (κ1) is 17.9. The van der Waals surface area contributed by atoms with E-state index in [0.717, 1.165) is 31.6 Å². The molecule has 0 amide bonds. The fourth-order valence-electron chi connectivity index (χ4n) is 4.29. The predicted molar refractivity (Wildman–Crippen MR) is 101 cm³/mol. The summed E-state index contributed by atoms with van der Waals surface area (Å²) in [5.74, 6) is 1.68. The van der Waals surface area contributed by atoms with Crippen molar-refractivity contribution in [1.82, 2.24) is 4.90 Å². The smallest absolute Gasteiger partial charge is 0.0494 e. The van der Waals surface area contributed by atoms with Crippen LogP contribution in [0, 0.1) is 17.3 Å². The van der Waals surface area contributed by atoms with Crippen LogP contribution in [0.1, 0.15) is 58.4 Å². The first-order valence-corrected chi connectivity index (χ1v) is 9.95. The first-order valence-electron chi connectivity index (χ1n) is 9.95. The van der Waals surface area contributed by atoms with E-state index >= 15 is 0 Å². The van der Waals surface area contributed by atoms with Gasteiger partial charge in [0, 0.05) is 25.8 Å². The van der Waals surface area contributed by atoms with Crippen LogP contribution in [0.5, 0.6) is 0 Å². The van der Waals surface area contributed by atoms with Gasteiger partial charge in [-0.05, 0) is 68.4 Å². The van der Waals surface area contributed by atoms with Gasteiger partial charge in [-0.1, -0.05) is 44.2 Å². The molecule has 2 heteroatoms. The van der Waals surface area contributed by atoms with Crippen molar-refractivity contribution < 1.29 is 4.74 Å². The summed E-state index contributed by atoms with van der Waals surface area (Å²) < 4.78 is 5.87. The van der Waals surface area contributed by atoms with Gasteiger partial charge in [-0.3, -0.25) is 4.90 Å². The molecule has 1 aliphatic carbocycles. The average molecular weight is 330 g/mol. The van der Waals surface area contributed by atoms with Crippen molar-refractivity contribution in [2.24, 2.45) is 17.3 Å². The van der Waals surface area contributed by atoms with Gasteiger partial charge in [-0.15, -0.1) is 0 Å². The van der Waals surface area contributed by atoms with Crippen LogP contribution in [0.25, 0.3) is 0 Å². The molecule has 0 spiro atoms. The molecule has 2 fully saturated rings. The van der Waals surface area contributed by atoms with Gasteiger partial charge in [-0.2, -0.15) is 0 Å². The maximum Gasteiger partial charge on any atom is 0.0494 e. The third kappa shape index (κ3) is 4.40. The molecule has 0 radical (unpaired) electrons. The highest BCUT2D eigenvalue weighted by Gasteiger charge is 2.42. The Morgan fingerprint density at radius 1 is 1.12 bits per heavy atom. The van der Waals surface area contributed by atoms with Crippen LogP contribution in [-0.4, -0.2) is 30.7 Å². The highest BCUT2D eigenvalue weighted by atomic mass is 16.5. The molecular weight excluding hydrogens is 294 g/mol. The zero-order valence-corrected chi connectivity index (χ0v) is 15.8. The lowest BCUT2D eigenvalue weighted by Crippen LogP contribution is -2.52. The second-order valence-electron chi connectivity index (χ2n) is 8.45. The molecule has 3 atom stereocenters. The standard InChI is InChI=1S/C22H35NO/c1-18-12-14-23(16-20-8-5-4-6-9-20)19(2)22(18,3)13-7-15-24-17-21-10-11-21/h4-6,8-9,18-19,21H,7,10-17H2,1-3H3/t18-,19+,22-/m0/s1. The van der Waals surface area contributed by atoms with Crippen LogP contribution in [0.15, 0.2) is 30.3 Å². The minimum Gasteiger partial charge on any atom is -0.381 e. The largest absolute Gasteiger partial charge is 0.381 e. The van der Waals surface area contributed by atoms with E-state index in [4.69, 9.17) is 4.74 Å². The Morgan fingerprint density at radius 2 is 1.88 bits per heavy atom. The Kier molecular flexibility index (Phi) is 5.99. The first-order chi connectivity index (χ1) is 11.6. The zero-order chi connectivity index (χ0) is 17.0. The van der Waals surface area contributed by atoms with Crippen LogP contribution in [0.4, 0.5) is 0 Å². The molecule has 1 heterocycles. The molecule has 2 nitrogen and oxygen atoms in total. The summed E-state index contributed by atoms with van der Waals surface area (Å²) in [5, 5.41) is 0. The van der Waals surface area contributed by atoms with E-state index < -0.39 is 0 Å². The van der Waals surface area contributed by atoms with E-state index in [-0.39, 0.29) is 0 Å². The molecule has 0 unspecified atom stereocenters. The molecule has 24 heavy (non-hydrogen) atoms. The summed E-state index contributed by atoms with van der Waals surface area (Å²) in [6.45, 7) is 11.7. The van der Waals surface area contributed by atoms with Crippen LogP contribution in [0.2, 0.25) is 0 Å². The van der Waals surface area contributed by atoms with Crippen LogP contribution >= 0.6 is 0 Å². The maximum atomic E-state index is 5.87. The lowest BCUT2D eigenvalue weighted by Gasteiger charge is -2.51. The van der Waals surface area contributed by atoms with Crippen molar-refractivity contribution in [2.45, 2.75) is 65.5 Å². The number of benzene rings is 1. The molecule has 1 aromatic rings. The molecule has 0 aromatic heterocycles. The number of hydrogen-bond acceptors (Lipinski definition) is 2. The summed E-state index contributed by atoms with van der Waals surface area (Å²) in [4.78, 5) is 2.69. The Balaban J connectivity index is 1.53. The van der Waals surface area contributed by atoms with Crippen LogP contribution < -0.4 is 0 Å². The second-order valence-corrected chi connectivity index (χ2v) is 8.45. The van der Waals surface area contributed by atoms with Gasteiger partial charge in [-0.25, -0.2) is 0 Å². The van der Waals surface area contributed by atoms with E-state index in [1.165, 1.54) is 44.2 Å². The number of rotatable bonds is 8. The molecule has 1 aromatic carbocycles. The normalized spacial score (nSPS) is 31.3. The Bertz CT molecular complexity index is 498. The minimum absolute atomic E-state index is 0.399. The minimum atomic E-state index is 0.399. The van der Waals surface area contributed by atoms with Gasteiger partial charge < -0.3 is 4.74 Å². The lowest BCUT2D eigenvalue weighted by molar-refractivity contribution is -0.0248. The summed E-state index contributed by atoms with van der Waals surface area (Å²) in [5.41, 5.74) is 1.84. The van der Waals surface area contributed by atoms with E-state index in [0.29, 0.717) is 11.5 Å². The third-order valence-electron chi connectivity index (χ3n) is 6.76. The molecule has 1 saturated carbocycles. The molecule has 0 N–H and O–H groups in total. The van der Waals surface area contributed by atoms with E-state index in [9.17, 15) is 0 Å². The highest BCUT2D eigenvalue weighted by Crippen LogP contribution is 2.44. The highest BCUT2D eigenvalue weighted by molar-refractivity contribution is 5.15. The predicted octanol–water partition coefficient (Wildman–Crippen LogP) is 5.13. The average Bonchev–Trinajstić information content (AvgIpc) is 3.41. The molecule has 2 aliphatic rings. The fourth-order valence-corrected chi connectivity index (χ4v) is 4.29. The number of piperidine rings is 1. The van der Waals surface area contributed by atoms with Gasteiger partial charge in [0.25, 0.3) is 0 Å². The number of likely N-dealkylation sites (tertiary alicyclic amines) is 1. The van der Waals surface area contributed by atoms with Crippen LogP contribution in [-0.2, 0) is 11.3 Å². The summed E-state index contributed by atoms with van der Waals surface area (Å²) in [6, 6.07) is 11.6. The van der Waals surface area contributed by atoms with Crippen molar-refractivity contribution in [2.75, 3.05) is 19.8 Å². The van der Waals surface area contributed by atoms with Crippen molar-refractivity contribution in [1.29, 1.82) is 0 Å². The number of nitrogens with zero attached hydrogens (tertiary/aromatic N) is 1. The third-order valence-corrected chi connectivity index (χ3v) is 6.76. The van der Waals surface area contributed by atoms with Gasteiger partial charge >= 0.3 is 0 Å². The summed E-state index contributed by atoms with van der Waals surface area (Å²) in [7, 11) is 0. The maximum absolute atomic E-state index is 5.87. The van der Waals surface area contributed by atoms with Gasteiger partial charge in [0.1, 0.15) is 0 Å². The summed E-state index contributed by atoms with van der Waals surface area (Å²) in [6.07, 6.45) is 6.58. The Labute approximate surface area is 148 Å². The second kappa shape index (κ2) is 8.01. The molecule has 3 rings (SSSR count). The van der Waals surface area contributed by atoms with Crippen molar-refractivity contribution in [3.8, 4) is 0 Å². The fraction of sp³-hybridized carbons (Fsp3) is 0.727. The van der Waals surface area contributed by atoms with Crippen molar-refractivity contribution in [3.63, 3.8) is 0 Å². The van der Waals surface area contributed by atoms with Crippen molar-refractivity contribution in [3.05, 3.63) is 35.9 Å². The SMILES string of the molecule is C[C@H]1CCN(Cc2ccccc2)[C@H](C)[C@@]1(C)CCCOCC1CC1. The van der Waals surface area contributed by atoms with Gasteiger partial charge in [0.2, 0.25) is 0 Å². The molecule has 0 bridgehead atoms. The lowest BCUT2D eigenvalue weighted by atomic mass is 9.65. The van der Waals surface area contributed by atoms with E-state index in [2.05, 4.69) is 56.0 Å². The van der Waals surface area contributed by atoms with E-state index in [1.54, 1.807) is 0 Å². The quantitative estimate of drug-likeness (QED) is 0.613.